The van der Waals surface area contributed by atoms with E-state index in [-0.39, 0.29) is 0 Å². The first-order chi connectivity index (χ1) is 15.3. The zero-order valence-corrected chi connectivity index (χ0v) is 18.0. The third kappa shape index (κ3) is 6.77. The van der Waals surface area contributed by atoms with Gasteiger partial charge in [0.05, 0.1) is 0 Å². The molecular formula is C18H32N2O13. The van der Waals surface area contributed by atoms with E-state index < -0.39 is 98.6 Å². The van der Waals surface area contributed by atoms with Crippen molar-refractivity contribution in [3.8, 4) is 0 Å². The lowest BCUT2D eigenvalue weighted by Crippen LogP contribution is -2.64. The number of aliphatic hydroxyl groups is 6. The Hall–Kier alpha value is -1.50. The molecule has 0 aromatic heterocycles. The molecule has 0 aromatic carbocycles. The summed E-state index contributed by atoms with van der Waals surface area (Å²) in [7, 11) is 0. The first-order valence-corrected chi connectivity index (χ1v) is 10.2. The topological polar surface area (TPSA) is 254 Å². The van der Waals surface area contributed by atoms with Crippen LogP contribution in [0.2, 0.25) is 0 Å². The van der Waals surface area contributed by atoms with Gasteiger partial charge in [-0.15, -0.1) is 0 Å². The van der Waals surface area contributed by atoms with Crippen LogP contribution in [0.3, 0.4) is 0 Å². The minimum atomic E-state index is -1.85. The molecule has 33 heavy (non-hydrogen) atoms. The molecule has 2 aliphatic heterocycles. The summed E-state index contributed by atoms with van der Waals surface area (Å²) in [5.74, 6) is -1.64. The lowest BCUT2D eigenvalue weighted by atomic mass is 9.97. The first kappa shape index (κ1) is 27.7. The second kappa shape index (κ2) is 11.8. The van der Waals surface area contributed by atoms with Gasteiger partial charge in [-0.3, -0.25) is 9.59 Å². The molecule has 2 rings (SSSR count). The Morgan fingerprint density at radius 2 is 1.27 bits per heavy atom. The van der Waals surface area contributed by atoms with Crippen molar-refractivity contribution in [3.63, 3.8) is 0 Å². The summed E-state index contributed by atoms with van der Waals surface area (Å²) in [4.78, 5) is 23.2. The molecule has 0 aliphatic carbocycles. The van der Waals surface area contributed by atoms with Gasteiger partial charge >= 0.3 is 11.9 Å². The van der Waals surface area contributed by atoms with Crippen LogP contribution in [0.25, 0.3) is 0 Å². The van der Waals surface area contributed by atoms with E-state index in [0.717, 1.165) is 0 Å². The number of carbonyl (C=O) groups excluding carboxylic acids is 2. The standard InChI is InChI=1S/C18H32N2O13/c1-5(19)15(26)29-3-7-9(21)10(22)13(25)18(32-7)33-14-8(4-30-16(27)6(2)20)31-17(28)12(24)11(14)23/h5-14,17-18,21-25,28H,3-4,19-20H2,1-2H3/t5-,6-,7+,8+,9-,10-,11+,12+,13+,14+,17?,18-/m0/s1. The molecule has 10 N–H and O–H groups in total. The Kier molecular flexibility index (Phi) is 9.89. The molecule has 2 fully saturated rings. The van der Waals surface area contributed by atoms with Crippen molar-refractivity contribution in [2.24, 2.45) is 11.5 Å². The number of carbonyl (C=O) groups is 2. The minimum Gasteiger partial charge on any atom is -0.462 e. The van der Waals surface area contributed by atoms with Crippen LogP contribution < -0.4 is 11.5 Å². The highest BCUT2D eigenvalue weighted by molar-refractivity contribution is 5.75. The summed E-state index contributed by atoms with van der Waals surface area (Å²) in [5, 5.41) is 60.7. The average Bonchev–Trinajstić information content (AvgIpc) is 2.76. The largest absolute Gasteiger partial charge is 0.462 e. The highest BCUT2D eigenvalue weighted by Crippen LogP contribution is 2.29. The number of aliphatic hydroxyl groups excluding tert-OH is 6. The molecule has 0 aromatic rings. The molecule has 12 atom stereocenters. The fourth-order valence-electron chi connectivity index (χ4n) is 3.14. The molecule has 2 aliphatic rings. The summed E-state index contributed by atoms with van der Waals surface area (Å²) in [6.45, 7) is 1.62. The van der Waals surface area contributed by atoms with Gasteiger partial charge in [0.2, 0.25) is 0 Å². The second-order valence-electron chi connectivity index (χ2n) is 8.00. The Labute approximate surface area is 188 Å². The summed E-state index contributed by atoms with van der Waals surface area (Å²) in [6.07, 6.45) is -16.8. The van der Waals surface area contributed by atoms with Crippen LogP contribution in [0.1, 0.15) is 13.8 Å². The van der Waals surface area contributed by atoms with Crippen LogP contribution in [-0.4, -0.2) is 129 Å². The molecule has 1 unspecified atom stereocenters. The minimum absolute atomic E-state index is 0.550. The van der Waals surface area contributed by atoms with Gasteiger partial charge in [-0.05, 0) is 13.8 Å². The third-order valence-corrected chi connectivity index (χ3v) is 5.14. The Balaban J connectivity index is 2.14. The van der Waals surface area contributed by atoms with E-state index in [1.165, 1.54) is 13.8 Å². The highest BCUT2D eigenvalue weighted by atomic mass is 16.7. The normalized spacial score (nSPS) is 41.2. The van der Waals surface area contributed by atoms with Crippen molar-refractivity contribution >= 4 is 11.9 Å². The maximum absolute atomic E-state index is 11.7. The zero-order valence-electron chi connectivity index (χ0n) is 18.0. The number of ether oxygens (including phenoxy) is 5. The molecule has 15 heteroatoms. The predicted octanol–water partition coefficient (Wildman–Crippen LogP) is -5.60. The fourth-order valence-corrected chi connectivity index (χ4v) is 3.14. The van der Waals surface area contributed by atoms with Gasteiger partial charge < -0.3 is 65.8 Å². The van der Waals surface area contributed by atoms with Crippen LogP contribution >= 0.6 is 0 Å². The number of hydrogen-bond acceptors (Lipinski definition) is 15. The predicted molar refractivity (Wildman–Crippen MR) is 104 cm³/mol. The van der Waals surface area contributed by atoms with E-state index in [9.17, 15) is 40.2 Å². The quantitative estimate of drug-likeness (QED) is 0.149. The smallest absolute Gasteiger partial charge is 0.322 e. The number of rotatable bonds is 8. The van der Waals surface area contributed by atoms with Crippen molar-refractivity contribution in [2.45, 2.75) is 87.3 Å². The Morgan fingerprint density at radius 1 is 0.758 bits per heavy atom. The van der Waals surface area contributed by atoms with E-state index in [1.54, 1.807) is 0 Å². The van der Waals surface area contributed by atoms with Crippen molar-refractivity contribution in [1.29, 1.82) is 0 Å². The Bertz CT molecular complexity index is 665. The van der Waals surface area contributed by atoms with Crippen LogP contribution in [-0.2, 0) is 33.3 Å². The number of nitrogens with two attached hydrogens (primary N) is 2. The fraction of sp³-hybridized carbons (Fsp3) is 0.889. The number of esters is 2. The second-order valence-corrected chi connectivity index (χ2v) is 8.00. The maximum atomic E-state index is 11.7. The zero-order chi connectivity index (χ0) is 25.0. The molecule has 0 bridgehead atoms. The van der Waals surface area contributed by atoms with Crippen LogP contribution in [0, 0.1) is 0 Å². The average molecular weight is 484 g/mol. The van der Waals surface area contributed by atoms with Gasteiger partial charge in [0.15, 0.2) is 12.6 Å². The van der Waals surface area contributed by atoms with Gasteiger partial charge in [0, 0.05) is 0 Å². The molecule has 0 radical (unpaired) electrons. The maximum Gasteiger partial charge on any atom is 0.322 e. The molecule has 2 heterocycles. The summed E-state index contributed by atoms with van der Waals surface area (Å²) < 4.78 is 25.9. The van der Waals surface area contributed by atoms with Crippen molar-refractivity contribution in [3.05, 3.63) is 0 Å². The lowest BCUT2D eigenvalue weighted by molar-refractivity contribution is -0.355. The van der Waals surface area contributed by atoms with Crippen molar-refractivity contribution in [1.82, 2.24) is 0 Å². The van der Waals surface area contributed by atoms with Gasteiger partial charge in [-0.1, -0.05) is 0 Å². The van der Waals surface area contributed by atoms with E-state index >= 15 is 0 Å². The number of hydrogen-bond donors (Lipinski definition) is 8. The molecule has 0 saturated carbocycles. The van der Waals surface area contributed by atoms with Gasteiger partial charge in [0.1, 0.15) is 74.1 Å². The van der Waals surface area contributed by atoms with Gasteiger partial charge in [-0.2, -0.15) is 0 Å². The van der Waals surface area contributed by atoms with E-state index in [2.05, 4.69) is 0 Å². The first-order valence-electron chi connectivity index (χ1n) is 10.2. The van der Waals surface area contributed by atoms with E-state index in [0.29, 0.717) is 0 Å². The van der Waals surface area contributed by atoms with Gasteiger partial charge in [-0.25, -0.2) is 0 Å². The lowest BCUT2D eigenvalue weighted by Gasteiger charge is -2.45. The Morgan fingerprint density at radius 3 is 1.79 bits per heavy atom. The highest BCUT2D eigenvalue weighted by Gasteiger charge is 2.50. The van der Waals surface area contributed by atoms with Crippen LogP contribution in [0.4, 0.5) is 0 Å². The van der Waals surface area contributed by atoms with Crippen LogP contribution in [0.15, 0.2) is 0 Å². The SMILES string of the molecule is C[C@H](N)C(=O)OC[C@H]1O[C@@H](O[C@H]2[C@H](O)[C@@H](O)C(O)O[C@@H]2COC(=O)[C@H](C)N)[C@H](O)[C@@H](O)[C@H]1O. The van der Waals surface area contributed by atoms with E-state index in [1.807, 2.05) is 0 Å². The molecule has 0 spiro atoms. The van der Waals surface area contributed by atoms with Crippen LogP contribution in [0.5, 0.6) is 0 Å². The summed E-state index contributed by atoms with van der Waals surface area (Å²) in [6, 6.07) is -1.94. The van der Waals surface area contributed by atoms with Crippen molar-refractivity contribution < 1.29 is 63.9 Å². The summed E-state index contributed by atoms with van der Waals surface area (Å²) >= 11 is 0. The van der Waals surface area contributed by atoms with Crippen molar-refractivity contribution in [2.75, 3.05) is 13.2 Å². The molecule has 192 valence electrons. The molecule has 15 nitrogen and oxygen atoms in total. The molecule has 2 saturated heterocycles. The van der Waals surface area contributed by atoms with E-state index in [4.69, 9.17) is 35.2 Å². The molecule has 0 amide bonds. The summed E-state index contributed by atoms with van der Waals surface area (Å²) in [5.41, 5.74) is 10.8. The molecular weight excluding hydrogens is 452 g/mol. The van der Waals surface area contributed by atoms with Gasteiger partial charge in [0.25, 0.3) is 0 Å². The monoisotopic (exact) mass is 484 g/mol. The third-order valence-electron chi connectivity index (χ3n) is 5.14.